The Hall–Kier alpha value is -2.60. The maximum atomic E-state index is 13.1. The summed E-state index contributed by atoms with van der Waals surface area (Å²) in [5.74, 6) is -1.52. The highest BCUT2D eigenvalue weighted by Gasteiger charge is 2.13. The molecule has 0 saturated carbocycles. The summed E-state index contributed by atoms with van der Waals surface area (Å²) in [5, 5.41) is 3.08. The molecule has 0 unspecified atom stereocenters. The number of nitrogens with one attached hydrogen (secondary N) is 1. The summed E-state index contributed by atoms with van der Waals surface area (Å²) in [7, 11) is 1.45. The highest BCUT2D eigenvalue weighted by atomic mass is 35.5. The maximum Gasteiger partial charge on any atom is 0.338 e. The molecular weight excluding hydrogens is 337 g/mol. The van der Waals surface area contributed by atoms with E-state index in [9.17, 15) is 14.0 Å². The molecule has 2 rings (SSSR count). The topological polar surface area (TPSA) is 64.6 Å². The van der Waals surface area contributed by atoms with Crippen molar-refractivity contribution in [2.45, 2.75) is 6.92 Å². The SMILES string of the molecule is COc1cc(Cl)c(C)cc1NC(=O)COC(=O)c1cccc(F)c1. The van der Waals surface area contributed by atoms with Crippen LogP contribution >= 0.6 is 11.6 Å². The molecule has 1 amide bonds. The number of esters is 1. The standard InChI is InChI=1S/C17H15ClFNO4/c1-10-6-14(15(23-2)8-13(10)18)20-16(21)9-24-17(22)11-4-3-5-12(19)7-11/h3-8H,9H2,1-2H3,(H,20,21). The Kier molecular flexibility index (Phi) is 5.76. The van der Waals surface area contributed by atoms with Gasteiger partial charge in [0.2, 0.25) is 0 Å². The van der Waals surface area contributed by atoms with Gasteiger partial charge < -0.3 is 14.8 Å². The first-order valence-corrected chi connectivity index (χ1v) is 7.35. The molecule has 0 radical (unpaired) electrons. The summed E-state index contributed by atoms with van der Waals surface area (Å²) in [6.45, 7) is 1.27. The molecular formula is C17H15ClFNO4. The second kappa shape index (κ2) is 7.79. The quantitative estimate of drug-likeness (QED) is 0.836. The number of benzene rings is 2. The summed E-state index contributed by atoms with van der Waals surface area (Å²) in [6, 6.07) is 8.24. The lowest BCUT2D eigenvalue weighted by atomic mass is 10.2. The third kappa shape index (κ3) is 4.45. The van der Waals surface area contributed by atoms with E-state index in [1.54, 1.807) is 19.1 Å². The molecule has 2 aromatic rings. The van der Waals surface area contributed by atoms with Crippen LogP contribution in [0.3, 0.4) is 0 Å². The molecule has 0 heterocycles. The van der Waals surface area contributed by atoms with Crippen LogP contribution in [0.25, 0.3) is 0 Å². The first-order chi connectivity index (χ1) is 11.4. The zero-order chi connectivity index (χ0) is 17.7. The number of halogens is 2. The van der Waals surface area contributed by atoms with E-state index in [2.05, 4.69) is 5.32 Å². The fourth-order valence-electron chi connectivity index (χ4n) is 1.95. The van der Waals surface area contributed by atoms with E-state index in [0.29, 0.717) is 16.5 Å². The van der Waals surface area contributed by atoms with Gasteiger partial charge >= 0.3 is 5.97 Å². The van der Waals surface area contributed by atoms with Crippen LogP contribution in [0.15, 0.2) is 36.4 Å². The number of rotatable bonds is 5. The molecule has 5 nitrogen and oxygen atoms in total. The monoisotopic (exact) mass is 351 g/mol. The zero-order valence-electron chi connectivity index (χ0n) is 13.1. The van der Waals surface area contributed by atoms with Gasteiger partial charge in [-0.05, 0) is 36.8 Å². The van der Waals surface area contributed by atoms with Crippen LogP contribution in [0, 0.1) is 12.7 Å². The van der Waals surface area contributed by atoms with Crippen LogP contribution in [0.1, 0.15) is 15.9 Å². The summed E-state index contributed by atoms with van der Waals surface area (Å²) in [6.07, 6.45) is 0. The van der Waals surface area contributed by atoms with Gasteiger partial charge in [0.25, 0.3) is 5.91 Å². The molecule has 7 heteroatoms. The lowest BCUT2D eigenvalue weighted by Crippen LogP contribution is -2.21. The van der Waals surface area contributed by atoms with Crippen molar-refractivity contribution in [1.29, 1.82) is 0 Å². The van der Waals surface area contributed by atoms with Gasteiger partial charge in [-0.25, -0.2) is 9.18 Å². The van der Waals surface area contributed by atoms with Crippen molar-refractivity contribution in [1.82, 2.24) is 0 Å². The third-order valence-electron chi connectivity index (χ3n) is 3.15. The van der Waals surface area contributed by atoms with Crippen molar-refractivity contribution in [2.24, 2.45) is 0 Å². The largest absolute Gasteiger partial charge is 0.495 e. The molecule has 126 valence electrons. The summed E-state index contributed by atoms with van der Waals surface area (Å²) < 4.78 is 23.1. The molecule has 0 aliphatic rings. The Morgan fingerprint density at radius 3 is 2.67 bits per heavy atom. The number of ether oxygens (including phenoxy) is 2. The van der Waals surface area contributed by atoms with Crippen molar-refractivity contribution in [3.05, 3.63) is 58.4 Å². The van der Waals surface area contributed by atoms with Crippen LogP contribution in [0.5, 0.6) is 5.75 Å². The van der Waals surface area contributed by atoms with Crippen LogP contribution in [-0.2, 0) is 9.53 Å². The van der Waals surface area contributed by atoms with Crippen LogP contribution in [0.4, 0.5) is 10.1 Å². The number of anilines is 1. The fraction of sp³-hybridized carbons (Fsp3) is 0.176. The van der Waals surface area contributed by atoms with Crippen LogP contribution in [0.2, 0.25) is 5.02 Å². The number of amides is 1. The van der Waals surface area contributed by atoms with E-state index < -0.39 is 24.3 Å². The Labute approximate surface area is 143 Å². The van der Waals surface area contributed by atoms with Crippen molar-refractivity contribution >= 4 is 29.2 Å². The van der Waals surface area contributed by atoms with E-state index in [0.717, 1.165) is 11.6 Å². The first-order valence-electron chi connectivity index (χ1n) is 6.97. The predicted molar refractivity (Wildman–Crippen MR) is 88.1 cm³/mol. The average molecular weight is 352 g/mol. The molecule has 1 N–H and O–H groups in total. The van der Waals surface area contributed by atoms with Crippen molar-refractivity contribution < 1.29 is 23.5 Å². The molecule has 24 heavy (non-hydrogen) atoms. The van der Waals surface area contributed by atoms with Gasteiger partial charge in [0.1, 0.15) is 11.6 Å². The Bertz CT molecular complexity index is 779. The fourth-order valence-corrected chi connectivity index (χ4v) is 2.10. The Morgan fingerprint density at radius 1 is 1.25 bits per heavy atom. The molecule has 0 aliphatic heterocycles. The molecule has 0 aromatic heterocycles. The number of carbonyl (C=O) groups is 2. The average Bonchev–Trinajstić information content (AvgIpc) is 2.55. The minimum atomic E-state index is -0.788. The van der Waals surface area contributed by atoms with Crippen molar-refractivity contribution in [3.63, 3.8) is 0 Å². The van der Waals surface area contributed by atoms with Crippen molar-refractivity contribution in [2.75, 3.05) is 19.0 Å². The van der Waals surface area contributed by atoms with E-state index >= 15 is 0 Å². The molecule has 0 spiro atoms. The number of hydrogen-bond acceptors (Lipinski definition) is 4. The normalized spacial score (nSPS) is 10.2. The number of methoxy groups -OCH3 is 1. The highest BCUT2D eigenvalue weighted by Crippen LogP contribution is 2.30. The van der Waals surface area contributed by atoms with E-state index in [4.69, 9.17) is 21.1 Å². The van der Waals surface area contributed by atoms with Gasteiger partial charge in [0.05, 0.1) is 18.4 Å². The Balaban J connectivity index is 1.99. The lowest BCUT2D eigenvalue weighted by Gasteiger charge is -2.12. The zero-order valence-corrected chi connectivity index (χ0v) is 13.8. The van der Waals surface area contributed by atoms with Gasteiger partial charge in [-0.2, -0.15) is 0 Å². The van der Waals surface area contributed by atoms with Crippen LogP contribution < -0.4 is 10.1 Å². The molecule has 0 atom stereocenters. The van der Waals surface area contributed by atoms with Gasteiger partial charge in [-0.15, -0.1) is 0 Å². The summed E-state index contributed by atoms with van der Waals surface area (Å²) >= 11 is 5.99. The maximum absolute atomic E-state index is 13.1. The van der Waals surface area contributed by atoms with E-state index in [1.807, 2.05) is 0 Å². The number of aryl methyl sites for hydroxylation is 1. The molecule has 0 saturated heterocycles. The second-order valence-electron chi connectivity index (χ2n) is 4.94. The van der Waals surface area contributed by atoms with Gasteiger partial charge in [0, 0.05) is 11.1 Å². The second-order valence-corrected chi connectivity index (χ2v) is 5.34. The first kappa shape index (κ1) is 17.7. The minimum absolute atomic E-state index is 0.0303. The third-order valence-corrected chi connectivity index (χ3v) is 3.56. The number of carbonyl (C=O) groups excluding carboxylic acids is 2. The summed E-state index contributed by atoms with van der Waals surface area (Å²) in [5.41, 5.74) is 1.19. The smallest absolute Gasteiger partial charge is 0.338 e. The Morgan fingerprint density at radius 2 is 2.00 bits per heavy atom. The molecule has 0 fully saturated rings. The van der Waals surface area contributed by atoms with E-state index in [1.165, 1.54) is 25.3 Å². The van der Waals surface area contributed by atoms with Crippen LogP contribution in [-0.4, -0.2) is 25.6 Å². The number of hydrogen-bond donors (Lipinski definition) is 1. The van der Waals surface area contributed by atoms with Gasteiger partial charge in [-0.1, -0.05) is 17.7 Å². The van der Waals surface area contributed by atoms with E-state index in [-0.39, 0.29) is 5.56 Å². The summed E-state index contributed by atoms with van der Waals surface area (Å²) in [4.78, 5) is 23.7. The van der Waals surface area contributed by atoms with Gasteiger partial charge in [-0.3, -0.25) is 4.79 Å². The lowest BCUT2D eigenvalue weighted by molar-refractivity contribution is -0.119. The molecule has 0 aliphatic carbocycles. The minimum Gasteiger partial charge on any atom is -0.495 e. The van der Waals surface area contributed by atoms with Crippen molar-refractivity contribution in [3.8, 4) is 5.75 Å². The highest BCUT2D eigenvalue weighted by molar-refractivity contribution is 6.31. The molecule has 0 bridgehead atoms. The molecule has 2 aromatic carbocycles. The predicted octanol–water partition coefficient (Wildman–Crippen LogP) is 3.59. The van der Waals surface area contributed by atoms with Gasteiger partial charge in [0.15, 0.2) is 6.61 Å².